The fourth-order valence-electron chi connectivity index (χ4n) is 5.38. The average molecular weight is 689 g/mol. The van der Waals surface area contributed by atoms with Gasteiger partial charge < -0.3 is 9.47 Å². The van der Waals surface area contributed by atoms with Crippen LogP contribution in [0.4, 0.5) is 0 Å². The van der Waals surface area contributed by atoms with Crippen molar-refractivity contribution in [3.8, 4) is 28.4 Å². The molecule has 0 aromatic heterocycles. The van der Waals surface area contributed by atoms with Crippen molar-refractivity contribution < 1.29 is 26.3 Å². The highest BCUT2D eigenvalue weighted by Gasteiger charge is 2.20. The van der Waals surface area contributed by atoms with E-state index in [2.05, 4.69) is 0 Å². The Morgan fingerprint density at radius 2 is 0.776 bits per heavy atom. The van der Waals surface area contributed by atoms with Crippen molar-refractivity contribution in [3.05, 3.63) is 162 Å². The molecule has 0 amide bonds. The molecule has 0 N–H and O–H groups in total. The van der Waals surface area contributed by atoms with Gasteiger partial charge in [0.05, 0.1) is 19.6 Å². The number of hydrogen-bond acceptors (Lipinski definition) is 6. The van der Waals surface area contributed by atoms with Crippen LogP contribution < -0.4 is 9.47 Å². The maximum Gasteiger partial charge on any atom is 0.206 e. The van der Waals surface area contributed by atoms with E-state index in [1.165, 1.54) is 0 Å². The van der Waals surface area contributed by atoms with E-state index in [9.17, 15) is 16.8 Å². The van der Waals surface area contributed by atoms with Crippen molar-refractivity contribution in [2.75, 3.05) is 0 Å². The first-order valence-electron chi connectivity index (χ1n) is 15.9. The van der Waals surface area contributed by atoms with Crippen molar-refractivity contribution in [1.82, 2.24) is 0 Å². The highest BCUT2D eigenvalue weighted by molar-refractivity contribution is 7.91. The van der Waals surface area contributed by atoms with Gasteiger partial charge in [0, 0.05) is 0 Å². The molecule has 0 saturated heterocycles. The number of rotatable bonds is 11. The molecule has 49 heavy (non-hydrogen) atoms. The minimum atomic E-state index is -3.61. The summed E-state index contributed by atoms with van der Waals surface area (Å²) in [5.41, 5.74) is 4.90. The Morgan fingerprint density at radius 3 is 1.16 bits per heavy atom. The van der Waals surface area contributed by atoms with Gasteiger partial charge in [-0.25, -0.2) is 16.8 Å². The molecule has 0 aliphatic rings. The summed E-state index contributed by atoms with van der Waals surface area (Å²) in [6.07, 6.45) is 0.466. The number of aryl methyl sites for hydroxylation is 2. The lowest BCUT2D eigenvalue weighted by molar-refractivity contribution is 0.201. The second kappa shape index (κ2) is 14.1. The van der Waals surface area contributed by atoms with E-state index in [0.717, 1.165) is 27.8 Å². The summed E-state index contributed by atoms with van der Waals surface area (Å²) in [6, 6.07) is 42.4. The molecular formula is C41H36O6S2. The molecule has 0 aliphatic carbocycles. The van der Waals surface area contributed by atoms with Gasteiger partial charge in [0.15, 0.2) is 0 Å². The van der Waals surface area contributed by atoms with E-state index in [-0.39, 0.29) is 25.7 Å². The van der Waals surface area contributed by atoms with Crippen LogP contribution in [-0.2, 0) is 19.7 Å². The van der Waals surface area contributed by atoms with E-state index >= 15 is 0 Å². The monoisotopic (exact) mass is 688 g/mol. The lowest BCUT2D eigenvalue weighted by Gasteiger charge is -2.19. The standard InChI is InChI=1S/C41H36O6S2/c1-4-41(33-13-25-39(26-14-33)48(42,43)37-21-5-29(2)6-22-37)47-36-17-11-32(12-18-36)31-9-15-34(16-10-31)46-35-19-27-40(28-20-35)49(44,45)38-23-7-30(3)8-24-38/h5-28,41H,4H2,1-3H3. The molecular weight excluding hydrogens is 653 g/mol. The molecule has 248 valence electrons. The Kier molecular flexibility index (Phi) is 9.72. The van der Waals surface area contributed by atoms with Crippen LogP contribution in [0.15, 0.2) is 165 Å². The molecule has 6 nitrogen and oxygen atoms in total. The molecule has 0 bridgehead atoms. The summed E-state index contributed by atoms with van der Waals surface area (Å²) >= 11 is 0. The smallest absolute Gasteiger partial charge is 0.206 e. The highest BCUT2D eigenvalue weighted by Crippen LogP contribution is 2.31. The molecule has 0 heterocycles. The van der Waals surface area contributed by atoms with Gasteiger partial charge in [-0.1, -0.05) is 78.7 Å². The van der Waals surface area contributed by atoms with Crippen LogP contribution in [0, 0.1) is 13.8 Å². The highest BCUT2D eigenvalue weighted by atomic mass is 32.2. The molecule has 0 spiro atoms. The van der Waals surface area contributed by atoms with Gasteiger partial charge in [-0.2, -0.15) is 0 Å². The van der Waals surface area contributed by atoms with E-state index < -0.39 is 19.7 Å². The largest absolute Gasteiger partial charge is 0.486 e. The predicted molar refractivity (Wildman–Crippen MR) is 192 cm³/mol. The first-order valence-corrected chi connectivity index (χ1v) is 18.9. The van der Waals surface area contributed by atoms with Gasteiger partial charge in [0.1, 0.15) is 23.4 Å². The summed E-state index contributed by atoms with van der Waals surface area (Å²) in [6.45, 7) is 5.87. The van der Waals surface area contributed by atoms with Crippen molar-refractivity contribution in [2.45, 2.75) is 52.9 Å². The molecule has 0 radical (unpaired) electrons. The van der Waals surface area contributed by atoms with Crippen LogP contribution in [0.3, 0.4) is 0 Å². The quantitative estimate of drug-likeness (QED) is 0.135. The zero-order valence-corrected chi connectivity index (χ0v) is 29.0. The number of sulfone groups is 2. The zero-order chi connectivity index (χ0) is 34.6. The maximum absolute atomic E-state index is 13.1. The molecule has 6 aromatic rings. The number of ether oxygens (including phenoxy) is 2. The third kappa shape index (κ3) is 7.61. The van der Waals surface area contributed by atoms with Crippen LogP contribution in [-0.4, -0.2) is 16.8 Å². The average Bonchev–Trinajstić information content (AvgIpc) is 3.12. The number of benzene rings is 6. The first-order chi connectivity index (χ1) is 23.5. The summed E-state index contributed by atoms with van der Waals surface area (Å²) in [4.78, 5) is 0.985. The SMILES string of the molecule is CCC(Oc1ccc(-c2ccc(Oc3ccc(S(=O)(=O)c4ccc(C)cc4)cc3)cc2)cc1)c1ccc(S(=O)(=O)c2ccc(C)cc2)cc1. The molecule has 6 rings (SSSR count). The molecule has 8 heteroatoms. The van der Waals surface area contributed by atoms with Crippen molar-refractivity contribution in [1.29, 1.82) is 0 Å². The van der Waals surface area contributed by atoms with Gasteiger partial charge in [-0.05, 0) is 122 Å². The minimum absolute atomic E-state index is 0.207. The van der Waals surface area contributed by atoms with E-state index in [1.807, 2.05) is 81.4 Å². The Labute approximate surface area is 288 Å². The van der Waals surface area contributed by atoms with Crippen LogP contribution in [0.1, 0.15) is 36.1 Å². The van der Waals surface area contributed by atoms with Crippen LogP contribution >= 0.6 is 0 Å². The topological polar surface area (TPSA) is 86.7 Å². The predicted octanol–water partition coefficient (Wildman–Crippen LogP) is 9.96. The van der Waals surface area contributed by atoms with Gasteiger partial charge in [-0.3, -0.25) is 0 Å². The zero-order valence-electron chi connectivity index (χ0n) is 27.4. The van der Waals surface area contributed by atoms with Gasteiger partial charge in [0.25, 0.3) is 0 Å². The van der Waals surface area contributed by atoms with E-state index in [4.69, 9.17) is 9.47 Å². The lowest BCUT2D eigenvalue weighted by atomic mass is 10.1. The Balaban J connectivity index is 1.08. The number of hydrogen-bond donors (Lipinski definition) is 0. The van der Waals surface area contributed by atoms with Gasteiger partial charge in [0.2, 0.25) is 19.7 Å². The summed E-state index contributed by atoms with van der Waals surface area (Å²) in [5.74, 6) is 1.87. The molecule has 0 aliphatic heterocycles. The third-order valence-electron chi connectivity index (χ3n) is 8.29. The molecule has 1 unspecified atom stereocenters. The second-order valence-electron chi connectivity index (χ2n) is 11.8. The third-order valence-corrected chi connectivity index (χ3v) is 11.9. The minimum Gasteiger partial charge on any atom is -0.486 e. The maximum atomic E-state index is 13.1. The Hall–Kier alpha value is -5.18. The molecule has 0 fully saturated rings. The van der Waals surface area contributed by atoms with Gasteiger partial charge in [-0.15, -0.1) is 0 Å². The lowest BCUT2D eigenvalue weighted by Crippen LogP contribution is -2.07. The molecule has 1 atom stereocenters. The van der Waals surface area contributed by atoms with Crippen molar-refractivity contribution in [2.24, 2.45) is 0 Å². The van der Waals surface area contributed by atoms with Crippen LogP contribution in [0.2, 0.25) is 0 Å². The fourth-order valence-corrected chi connectivity index (χ4v) is 7.91. The summed E-state index contributed by atoms with van der Waals surface area (Å²) in [5, 5.41) is 0. The molecule has 0 saturated carbocycles. The summed E-state index contributed by atoms with van der Waals surface area (Å²) < 4.78 is 64.3. The Bertz CT molecular complexity index is 2240. The normalized spacial score (nSPS) is 12.3. The second-order valence-corrected chi connectivity index (χ2v) is 15.7. The first kappa shape index (κ1) is 33.7. The van der Waals surface area contributed by atoms with Gasteiger partial charge >= 0.3 is 0 Å². The van der Waals surface area contributed by atoms with E-state index in [0.29, 0.717) is 23.7 Å². The van der Waals surface area contributed by atoms with Crippen LogP contribution in [0.5, 0.6) is 17.2 Å². The fraction of sp³-hybridized carbons (Fsp3) is 0.122. The van der Waals surface area contributed by atoms with E-state index in [1.54, 1.807) is 84.9 Å². The van der Waals surface area contributed by atoms with Crippen LogP contribution in [0.25, 0.3) is 11.1 Å². The van der Waals surface area contributed by atoms with Crippen molar-refractivity contribution in [3.63, 3.8) is 0 Å². The Morgan fingerprint density at radius 1 is 0.449 bits per heavy atom. The summed E-state index contributed by atoms with van der Waals surface area (Å²) in [7, 11) is -7.21. The molecule has 6 aromatic carbocycles. The van der Waals surface area contributed by atoms with Crippen molar-refractivity contribution >= 4 is 19.7 Å².